The molecule has 0 saturated heterocycles. The highest BCUT2D eigenvalue weighted by Gasteiger charge is 2.31. The predicted molar refractivity (Wildman–Crippen MR) is 65.1 cm³/mol. The van der Waals surface area contributed by atoms with Crippen LogP contribution in [0.3, 0.4) is 0 Å². The number of hydrogen-bond donors (Lipinski definition) is 2. The van der Waals surface area contributed by atoms with E-state index in [4.69, 9.17) is 0 Å². The van der Waals surface area contributed by atoms with E-state index in [0.717, 1.165) is 25.7 Å². The maximum absolute atomic E-state index is 11.5. The van der Waals surface area contributed by atoms with Crippen molar-refractivity contribution in [2.45, 2.75) is 58.3 Å². The molecule has 0 radical (unpaired) electrons. The van der Waals surface area contributed by atoms with E-state index in [1.54, 1.807) is 0 Å². The molecule has 0 heterocycles. The monoisotopic (exact) mass is 227 g/mol. The second-order valence-electron chi connectivity index (χ2n) is 5.10. The zero-order chi connectivity index (χ0) is 11.9. The molecule has 1 aliphatic carbocycles. The number of rotatable bonds is 6. The molecular weight excluding hydrogens is 202 g/mol. The van der Waals surface area contributed by atoms with Gasteiger partial charge in [0.1, 0.15) is 0 Å². The van der Waals surface area contributed by atoms with E-state index >= 15 is 0 Å². The van der Waals surface area contributed by atoms with Crippen LogP contribution in [0.25, 0.3) is 0 Å². The van der Waals surface area contributed by atoms with Gasteiger partial charge in [-0.05, 0) is 19.3 Å². The van der Waals surface area contributed by atoms with Gasteiger partial charge in [-0.1, -0.05) is 32.6 Å². The molecule has 3 heteroatoms. The normalized spacial score (nSPS) is 19.4. The summed E-state index contributed by atoms with van der Waals surface area (Å²) in [5, 5.41) is 12.5. The molecular formula is C13H25NO2. The maximum atomic E-state index is 11.5. The number of amides is 1. The molecule has 1 fully saturated rings. The summed E-state index contributed by atoms with van der Waals surface area (Å²) in [5.74, 6) is 0.139. The summed E-state index contributed by atoms with van der Waals surface area (Å²) in [4.78, 5) is 11.5. The fourth-order valence-corrected chi connectivity index (χ4v) is 2.40. The molecule has 2 N–H and O–H groups in total. The largest absolute Gasteiger partial charge is 0.396 e. The van der Waals surface area contributed by atoms with Gasteiger partial charge in [-0.15, -0.1) is 0 Å². The van der Waals surface area contributed by atoms with Crippen LogP contribution in [0.2, 0.25) is 0 Å². The quantitative estimate of drug-likeness (QED) is 0.731. The molecule has 0 aliphatic heterocycles. The minimum atomic E-state index is -0.0277. The first-order chi connectivity index (χ1) is 7.72. The number of carbonyl (C=O) groups is 1. The van der Waals surface area contributed by atoms with Crippen molar-refractivity contribution in [3.63, 3.8) is 0 Å². The summed E-state index contributed by atoms with van der Waals surface area (Å²) >= 11 is 0. The second-order valence-corrected chi connectivity index (χ2v) is 5.10. The third kappa shape index (κ3) is 4.12. The van der Waals surface area contributed by atoms with Gasteiger partial charge in [-0.2, -0.15) is 0 Å². The molecule has 3 nitrogen and oxygen atoms in total. The standard InChI is InChI=1S/C13H25NO2/c1-2-3-7-12(16)14-10-13(11-15)8-5-4-6-9-13/h15H,2-11H2,1H3,(H,14,16). The predicted octanol–water partition coefficient (Wildman–Crippen LogP) is 2.24. The van der Waals surface area contributed by atoms with Crippen molar-refractivity contribution >= 4 is 5.91 Å². The SMILES string of the molecule is CCCCC(=O)NCC1(CO)CCCCC1. The van der Waals surface area contributed by atoms with Gasteiger partial charge in [-0.25, -0.2) is 0 Å². The molecule has 0 aromatic carbocycles. The van der Waals surface area contributed by atoms with Crippen LogP contribution in [-0.4, -0.2) is 24.2 Å². The Morgan fingerprint density at radius 1 is 1.31 bits per heavy atom. The first-order valence-corrected chi connectivity index (χ1v) is 6.60. The van der Waals surface area contributed by atoms with E-state index in [1.807, 2.05) is 0 Å². The Kier molecular flexibility index (Phi) is 5.81. The molecule has 0 aromatic heterocycles. The summed E-state index contributed by atoms with van der Waals surface area (Å²) < 4.78 is 0. The lowest BCUT2D eigenvalue weighted by Gasteiger charge is -2.35. The number of unbranched alkanes of at least 4 members (excludes halogenated alkanes) is 1. The van der Waals surface area contributed by atoms with E-state index in [2.05, 4.69) is 12.2 Å². The van der Waals surface area contributed by atoms with Crippen molar-refractivity contribution in [1.82, 2.24) is 5.32 Å². The number of aliphatic hydroxyl groups excluding tert-OH is 1. The molecule has 0 unspecified atom stereocenters. The Morgan fingerprint density at radius 3 is 2.56 bits per heavy atom. The Balaban J connectivity index is 2.30. The van der Waals surface area contributed by atoms with Crippen LogP contribution in [-0.2, 0) is 4.79 Å². The zero-order valence-electron chi connectivity index (χ0n) is 10.4. The van der Waals surface area contributed by atoms with E-state index in [1.165, 1.54) is 19.3 Å². The van der Waals surface area contributed by atoms with Gasteiger partial charge in [0, 0.05) is 18.4 Å². The molecule has 0 spiro atoms. The third-order valence-electron chi connectivity index (χ3n) is 3.67. The second kappa shape index (κ2) is 6.89. The average Bonchev–Trinajstić information content (AvgIpc) is 2.35. The first kappa shape index (κ1) is 13.5. The van der Waals surface area contributed by atoms with Gasteiger partial charge in [0.25, 0.3) is 0 Å². The van der Waals surface area contributed by atoms with Crippen LogP contribution < -0.4 is 5.32 Å². The van der Waals surface area contributed by atoms with Crippen molar-refractivity contribution in [2.75, 3.05) is 13.2 Å². The smallest absolute Gasteiger partial charge is 0.220 e. The van der Waals surface area contributed by atoms with Crippen LogP contribution in [0, 0.1) is 5.41 Å². The van der Waals surface area contributed by atoms with E-state index in [-0.39, 0.29) is 17.9 Å². The van der Waals surface area contributed by atoms with Crippen molar-refractivity contribution in [2.24, 2.45) is 5.41 Å². The molecule has 94 valence electrons. The van der Waals surface area contributed by atoms with Crippen molar-refractivity contribution < 1.29 is 9.90 Å². The Labute approximate surface area is 98.6 Å². The van der Waals surface area contributed by atoms with Crippen LogP contribution >= 0.6 is 0 Å². The Bertz CT molecular complexity index is 210. The summed E-state index contributed by atoms with van der Waals surface area (Å²) in [6.07, 6.45) is 8.38. The van der Waals surface area contributed by atoms with Crippen LogP contribution in [0.5, 0.6) is 0 Å². The molecule has 1 aliphatic rings. The summed E-state index contributed by atoms with van der Waals surface area (Å²) in [7, 11) is 0. The van der Waals surface area contributed by atoms with Crippen molar-refractivity contribution in [1.29, 1.82) is 0 Å². The van der Waals surface area contributed by atoms with Gasteiger partial charge in [0.2, 0.25) is 5.91 Å². The summed E-state index contributed by atoms with van der Waals surface area (Å²) in [5.41, 5.74) is -0.0277. The number of aliphatic hydroxyl groups is 1. The van der Waals surface area contributed by atoms with Gasteiger partial charge >= 0.3 is 0 Å². The molecule has 16 heavy (non-hydrogen) atoms. The molecule has 1 saturated carbocycles. The number of carbonyl (C=O) groups excluding carboxylic acids is 1. The maximum Gasteiger partial charge on any atom is 0.220 e. The van der Waals surface area contributed by atoms with Gasteiger partial charge in [0.05, 0.1) is 6.61 Å². The highest BCUT2D eigenvalue weighted by molar-refractivity contribution is 5.75. The fourth-order valence-electron chi connectivity index (χ4n) is 2.40. The molecule has 1 rings (SSSR count). The van der Waals surface area contributed by atoms with Crippen LogP contribution in [0.15, 0.2) is 0 Å². The summed E-state index contributed by atoms with van der Waals surface area (Å²) in [6, 6.07) is 0. The van der Waals surface area contributed by atoms with E-state index in [9.17, 15) is 9.90 Å². The summed E-state index contributed by atoms with van der Waals surface area (Å²) in [6.45, 7) is 2.96. The van der Waals surface area contributed by atoms with Gasteiger partial charge < -0.3 is 10.4 Å². The highest BCUT2D eigenvalue weighted by atomic mass is 16.3. The van der Waals surface area contributed by atoms with Crippen molar-refractivity contribution in [3.05, 3.63) is 0 Å². The lowest BCUT2D eigenvalue weighted by Crippen LogP contribution is -2.41. The minimum absolute atomic E-state index is 0.0277. The zero-order valence-corrected chi connectivity index (χ0v) is 10.4. The van der Waals surface area contributed by atoms with E-state index < -0.39 is 0 Å². The third-order valence-corrected chi connectivity index (χ3v) is 3.67. The first-order valence-electron chi connectivity index (χ1n) is 6.60. The topological polar surface area (TPSA) is 49.3 Å². The lowest BCUT2D eigenvalue weighted by atomic mass is 9.74. The Hall–Kier alpha value is -0.570. The molecule has 0 aromatic rings. The average molecular weight is 227 g/mol. The van der Waals surface area contributed by atoms with Gasteiger partial charge in [0.15, 0.2) is 0 Å². The molecule has 0 atom stereocenters. The van der Waals surface area contributed by atoms with Gasteiger partial charge in [-0.3, -0.25) is 4.79 Å². The van der Waals surface area contributed by atoms with Crippen molar-refractivity contribution in [3.8, 4) is 0 Å². The number of nitrogens with one attached hydrogen (secondary N) is 1. The fraction of sp³-hybridized carbons (Fsp3) is 0.923. The lowest BCUT2D eigenvalue weighted by molar-refractivity contribution is -0.122. The minimum Gasteiger partial charge on any atom is -0.396 e. The Morgan fingerprint density at radius 2 is 2.00 bits per heavy atom. The van der Waals surface area contributed by atoms with Crippen LogP contribution in [0.1, 0.15) is 58.3 Å². The van der Waals surface area contributed by atoms with Crippen LogP contribution in [0.4, 0.5) is 0 Å². The highest BCUT2D eigenvalue weighted by Crippen LogP contribution is 2.35. The molecule has 0 bridgehead atoms. The number of hydrogen-bond acceptors (Lipinski definition) is 2. The molecule has 1 amide bonds. The van der Waals surface area contributed by atoms with E-state index in [0.29, 0.717) is 13.0 Å².